The first-order valence-electron chi connectivity index (χ1n) is 8.69. The lowest BCUT2D eigenvalue weighted by molar-refractivity contribution is -0.122. The minimum Gasteiger partial charge on any atom is -0.481 e. The maximum absolute atomic E-state index is 12.3. The summed E-state index contributed by atoms with van der Waals surface area (Å²) in [7, 11) is 1.70. The highest BCUT2D eigenvalue weighted by molar-refractivity contribution is 5.95. The molecule has 0 heterocycles. The molecule has 138 valence electrons. The summed E-state index contributed by atoms with van der Waals surface area (Å²) in [5, 5.41) is 2.82. The molecule has 1 atom stereocenters. The summed E-state index contributed by atoms with van der Waals surface area (Å²) in [5.41, 5.74) is 2.65. The zero-order valence-electron chi connectivity index (χ0n) is 15.9. The van der Waals surface area contributed by atoms with Gasteiger partial charge in [0.2, 0.25) is 5.91 Å². The van der Waals surface area contributed by atoms with Crippen molar-refractivity contribution in [3.63, 3.8) is 0 Å². The lowest BCUT2D eigenvalue weighted by Gasteiger charge is -2.17. The molecule has 0 fully saturated rings. The van der Waals surface area contributed by atoms with Gasteiger partial charge in [0.1, 0.15) is 5.75 Å². The van der Waals surface area contributed by atoms with E-state index in [1.165, 1.54) is 17.4 Å². The van der Waals surface area contributed by atoms with Gasteiger partial charge in [0.25, 0.3) is 5.91 Å². The minimum atomic E-state index is -0.625. The van der Waals surface area contributed by atoms with Crippen molar-refractivity contribution in [3.8, 4) is 5.75 Å². The van der Waals surface area contributed by atoms with E-state index in [1.54, 1.807) is 38.2 Å². The summed E-state index contributed by atoms with van der Waals surface area (Å²) < 4.78 is 5.71. The predicted octanol–water partition coefficient (Wildman–Crippen LogP) is 4.20. The Morgan fingerprint density at radius 2 is 1.54 bits per heavy atom. The van der Waals surface area contributed by atoms with Crippen LogP contribution in [-0.2, 0) is 9.59 Å². The van der Waals surface area contributed by atoms with Crippen LogP contribution in [0.2, 0.25) is 0 Å². The molecule has 0 aromatic heterocycles. The number of carbonyl (C=O) groups excluding carboxylic acids is 2. The molecule has 2 rings (SSSR count). The van der Waals surface area contributed by atoms with Crippen molar-refractivity contribution in [2.45, 2.75) is 39.7 Å². The van der Waals surface area contributed by atoms with Gasteiger partial charge in [-0.25, -0.2) is 0 Å². The van der Waals surface area contributed by atoms with Gasteiger partial charge in [0.05, 0.1) is 0 Å². The Kier molecular flexibility index (Phi) is 6.39. The molecule has 2 aromatic carbocycles. The lowest BCUT2D eigenvalue weighted by Crippen LogP contribution is -2.30. The Morgan fingerprint density at radius 1 is 0.962 bits per heavy atom. The molecule has 0 unspecified atom stereocenters. The third-order valence-corrected chi connectivity index (χ3v) is 4.22. The van der Waals surface area contributed by atoms with Crippen LogP contribution in [0.4, 0.5) is 11.4 Å². The highest BCUT2D eigenvalue weighted by atomic mass is 16.5. The van der Waals surface area contributed by atoms with E-state index in [0.29, 0.717) is 17.4 Å². The van der Waals surface area contributed by atoms with Crippen LogP contribution in [0.5, 0.6) is 5.75 Å². The number of ether oxygens (including phenoxy) is 1. The zero-order valence-corrected chi connectivity index (χ0v) is 15.9. The van der Waals surface area contributed by atoms with E-state index >= 15 is 0 Å². The van der Waals surface area contributed by atoms with Crippen LogP contribution >= 0.6 is 0 Å². The molecule has 2 aromatic rings. The van der Waals surface area contributed by atoms with E-state index in [0.717, 1.165) is 5.69 Å². The van der Waals surface area contributed by atoms with Crippen molar-refractivity contribution in [1.82, 2.24) is 0 Å². The number of hydrogen-bond donors (Lipinski definition) is 1. The number of rotatable bonds is 6. The van der Waals surface area contributed by atoms with Crippen molar-refractivity contribution in [1.29, 1.82) is 0 Å². The molecule has 0 bridgehead atoms. The highest BCUT2D eigenvalue weighted by Gasteiger charge is 2.15. The SMILES string of the molecule is CC(=O)N(C)c1ccc(NC(=O)[C@@H](C)Oc2ccc(C(C)C)cc2)cc1. The van der Waals surface area contributed by atoms with Crippen molar-refractivity contribution < 1.29 is 14.3 Å². The van der Waals surface area contributed by atoms with Gasteiger partial charge >= 0.3 is 0 Å². The minimum absolute atomic E-state index is 0.0488. The van der Waals surface area contributed by atoms with E-state index < -0.39 is 6.10 Å². The lowest BCUT2D eigenvalue weighted by atomic mass is 10.0. The first-order valence-corrected chi connectivity index (χ1v) is 8.69. The standard InChI is InChI=1S/C21H26N2O3/c1-14(2)17-6-12-20(13-7-17)26-15(3)21(25)22-18-8-10-19(11-9-18)23(5)16(4)24/h6-15H,1-5H3,(H,22,25)/t15-/m1/s1. The molecular formula is C21H26N2O3. The van der Waals surface area contributed by atoms with Crippen LogP contribution in [0.25, 0.3) is 0 Å². The summed E-state index contributed by atoms with van der Waals surface area (Å²) in [6.07, 6.45) is -0.625. The number of carbonyl (C=O) groups is 2. The van der Waals surface area contributed by atoms with Gasteiger partial charge < -0.3 is 15.0 Å². The quantitative estimate of drug-likeness (QED) is 0.846. The van der Waals surface area contributed by atoms with Crippen LogP contribution in [0.1, 0.15) is 39.2 Å². The van der Waals surface area contributed by atoms with Gasteiger partial charge in [-0.05, 0) is 54.8 Å². The largest absolute Gasteiger partial charge is 0.481 e. The monoisotopic (exact) mass is 354 g/mol. The van der Waals surface area contributed by atoms with Crippen LogP contribution in [0, 0.1) is 0 Å². The number of amides is 2. The Balaban J connectivity index is 1.95. The average molecular weight is 354 g/mol. The Morgan fingerprint density at radius 3 is 2.04 bits per heavy atom. The summed E-state index contributed by atoms with van der Waals surface area (Å²) in [6, 6.07) is 14.9. The van der Waals surface area contributed by atoms with Gasteiger partial charge in [-0.3, -0.25) is 9.59 Å². The van der Waals surface area contributed by atoms with Crippen molar-refractivity contribution in [2.24, 2.45) is 0 Å². The number of nitrogens with one attached hydrogen (secondary N) is 1. The summed E-state index contributed by atoms with van der Waals surface area (Å²) in [6.45, 7) is 7.47. The second-order valence-corrected chi connectivity index (χ2v) is 6.60. The molecule has 0 saturated carbocycles. The normalized spacial score (nSPS) is 11.8. The Bertz CT molecular complexity index is 752. The molecular weight excluding hydrogens is 328 g/mol. The van der Waals surface area contributed by atoms with Gasteiger partial charge in [-0.15, -0.1) is 0 Å². The van der Waals surface area contributed by atoms with Gasteiger partial charge in [-0.2, -0.15) is 0 Å². The molecule has 5 nitrogen and oxygen atoms in total. The second kappa shape index (κ2) is 8.52. The first kappa shape index (κ1) is 19.5. The summed E-state index contributed by atoms with van der Waals surface area (Å²) in [5.74, 6) is 0.836. The predicted molar refractivity (Wildman–Crippen MR) is 105 cm³/mol. The third-order valence-electron chi connectivity index (χ3n) is 4.22. The van der Waals surface area contributed by atoms with E-state index in [-0.39, 0.29) is 11.8 Å². The molecule has 0 spiro atoms. The number of nitrogens with zero attached hydrogens (tertiary/aromatic N) is 1. The Hall–Kier alpha value is -2.82. The number of hydrogen-bond acceptors (Lipinski definition) is 3. The highest BCUT2D eigenvalue weighted by Crippen LogP contribution is 2.20. The topological polar surface area (TPSA) is 58.6 Å². The zero-order chi connectivity index (χ0) is 19.3. The molecule has 0 radical (unpaired) electrons. The maximum atomic E-state index is 12.3. The molecule has 2 amide bonds. The Labute approximate surface area is 155 Å². The summed E-state index contributed by atoms with van der Waals surface area (Å²) >= 11 is 0. The smallest absolute Gasteiger partial charge is 0.265 e. The van der Waals surface area contributed by atoms with Gasteiger partial charge in [0.15, 0.2) is 6.10 Å². The molecule has 0 aliphatic heterocycles. The molecule has 0 aliphatic carbocycles. The second-order valence-electron chi connectivity index (χ2n) is 6.60. The van der Waals surface area contributed by atoms with E-state index in [4.69, 9.17) is 4.74 Å². The van der Waals surface area contributed by atoms with Crippen LogP contribution in [0.3, 0.4) is 0 Å². The fourth-order valence-electron chi connectivity index (χ4n) is 2.38. The van der Waals surface area contributed by atoms with Crippen molar-refractivity contribution in [3.05, 3.63) is 54.1 Å². The van der Waals surface area contributed by atoms with E-state index in [9.17, 15) is 9.59 Å². The fourth-order valence-corrected chi connectivity index (χ4v) is 2.38. The van der Waals surface area contributed by atoms with E-state index in [1.807, 2.05) is 24.3 Å². The average Bonchev–Trinajstić information content (AvgIpc) is 2.62. The molecule has 1 N–H and O–H groups in total. The van der Waals surface area contributed by atoms with Crippen molar-refractivity contribution in [2.75, 3.05) is 17.3 Å². The van der Waals surface area contributed by atoms with E-state index in [2.05, 4.69) is 19.2 Å². The number of anilines is 2. The first-order chi connectivity index (χ1) is 12.3. The third kappa shape index (κ3) is 5.09. The molecule has 0 saturated heterocycles. The van der Waals surface area contributed by atoms with Gasteiger partial charge in [0, 0.05) is 25.3 Å². The number of benzene rings is 2. The fraction of sp³-hybridized carbons (Fsp3) is 0.333. The maximum Gasteiger partial charge on any atom is 0.265 e. The molecule has 5 heteroatoms. The van der Waals surface area contributed by atoms with Crippen LogP contribution in [0.15, 0.2) is 48.5 Å². The summed E-state index contributed by atoms with van der Waals surface area (Å²) in [4.78, 5) is 25.2. The van der Waals surface area contributed by atoms with Gasteiger partial charge in [-0.1, -0.05) is 26.0 Å². The van der Waals surface area contributed by atoms with Crippen LogP contribution in [-0.4, -0.2) is 25.0 Å². The van der Waals surface area contributed by atoms with Crippen molar-refractivity contribution >= 4 is 23.2 Å². The molecule has 26 heavy (non-hydrogen) atoms. The van der Waals surface area contributed by atoms with Crippen LogP contribution < -0.4 is 15.0 Å². The molecule has 0 aliphatic rings.